The van der Waals surface area contributed by atoms with E-state index in [4.69, 9.17) is 11.6 Å². The Bertz CT molecular complexity index is 747. The Morgan fingerprint density at radius 1 is 1.05 bits per heavy atom. The van der Waals surface area contributed by atoms with Crippen LogP contribution < -0.4 is 10.6 Å². The fourth-order valence-electron chi connectivity index (χ4n) is 1.83. The maximum atomic E-state index is 13.0. The van der Waals surface area contributed by atoms with Crippen molar-refractivity contribution in [3.8, 4) is 0 Å². The van der Waals surface area contributed by atoms with E-state index in [1.165, 1.54) is 12.1 Å². The lowest BCUT2D eigenvalue weighted by molar-refractivity contribution is -0.133. The Labute approximate surface area is 132 Å². The van der Waals surface area contributed by atoms with Crippen molar-refractivity contribution >= 4 is 34.8 Å². The van der Waals surface area contributed by atoms with Gasteiger partial charge in [0, 0.05) is 11.4 Å². The van der Waals surface area contributed by atoms with E-state index in [1.54, 1.807) is 12.1 Å². The number of rotatable bonds is 2. The second-order valence-electron chi connectivity index (χ2n) is 4.78. The Morgan fingerprint density at radius 3 is 2.41 bits per heavy atom. The number of halogens is 2. The molecule has 2 rings (SSSR count). The van der Waals surface area contributed by atoms with Crippen LogP contribution in [0.2, 0.25) is 5.02 Å². The van der Waals surface area contributed by atoms with Crippen molar-refractivity contribution < 1.29 is 14.0 Å². The number of amides is 2. The van der Waals surface area contributed by atoms with Gasteiger partial charge in [-0.2, -0.15) is 0 Å². The fourth-order valence-corrected chi connectivity index (χ4v) is 2.01. The molecule has 0 aromatic heterocycles. The summed E-state index contributed by atoms with van der Waals surface area (Å²) in [5, 5.41) is 4.77. The molecule has 0 unspecified atom stereocenters. The molecule has 22 heavy (non-hydrogen) atoms. The van der Waals surface area contributed by atoms with Gasteiger partial charge in [-0.3, -0.25) is 9.59 Å². The molecule has 2 aromatic carbocycles. The van der Waals surface area contributed by atoms with Gasteiger partial charge in [-0.15, -0.1) is 0 Å². The van der Waals surface area contributed by atoms with Crippen molar-refractivity contribution in [3.05, 3.63) is 58.4 Å². The number of aryl methyl sites for hydroxylation is 1. The Kier molecular flexibility index (Phi) is 4.78. The Morgan fingerprint density at radius 2 is 1.73 bits per heavy atom. The van der Waals surface area contributed by atoms with Crippen molar-refractivity contribution in [2.75, 3.05) is 10.6 Å². The minimum absolute atomic E-state index is 0.132. The molecule has 0 saturated carbocycles. The second kappa shape index (κ2) is 6.58. The average molecular weight is 321 g/mol. The molecular formula is C16H14ClFN2O2. The van der Waals surface area contributed by atoms with E-state index in [0.717, 1.165) is 17.2 Å². The van der Waals surface area contributed by atoms with Gasteiger partial charge in [0.1, 0.15) is 5.82 Å². The Hall–Kier alpha value is -2.40. The molecule has 0 heterocycles. The third-order valence-corrected chi connectivity index (χ3v) is 3.53. The van der Waals surface area contributed by atoms with Gasteiger partial charge in [-0.1, -0.05) is 23.7 Å². The zero-order chi connectivity index (χ0) is 16.3. The lowest BCUT2D eigenvalue weighted by atomic mass is 10.1. The molecule has 0 aliphatic carbocycles. The highest BCUT2D eigenvalue weighted by Crippen LogP contribution is 2.20. The highest BCUT2D eigenvalue weighted by Gasteiger charge is 2.15. The highest BCUT2D eigenvalue weighted by molar-refractivity contribution is 6.43. The molecule has 2 aromatic rings. The molecule has 4 nitrogen and oxygen atoms in total. The summed E-state index contributed by atoms with van der Waals surface area (Å²) >= 11 is 5.62. The number of hydrogen-bond donors (Lipinski definition) is 2. The highest BCUT2D eigenvalue weighted by atomic mass is 35.5. The second-order valence-corrected chi connectivity index (χ2v) is 5.19. The molecule has 0 spiro atoms. The predicted molar refractivity (Wildman–Crippen MR) is 84.6 cm³/mol. The third-order valence-electron chi connectivity index (χ3n) is 3.24. The summed E-state index contributed by atoms with van der Waals surface area (Å²) in [5.74, 6) is -2.27. The maximum absolute atomic E-state index is 13.0. The minimum Gasteiger partial charge on any atom is -0.318 e. The van der Waals surface area contributed by atoms with Crippen molar-refractivity contribution in [2.24, 2.45) is 0 Å². The van der Waals surface area contributed by atoms with Crippen LogP contribution in [0.4, 0.5) is 15.8 Å². The van der Waals surface area contributed by atoms with E-state index < -0.39 is 17.6 Å². The van der Waals surface area contributed by atoms with Gasteiger partial charge in [-0.05, 0) is 49.2 Å². The quantitative estimate of drug-likeness (QED) is 0.829. The fraction of sp³-hybridized carbons (Fsp3) is 0.125. The number of hydrogen-bond acceptors (Lipinski definition) is 2. The molecule has 0 aliphatic rings. The molecule has 0 radical (unpaired) electrons. The van der Waals surface area contributed by atoms with E-state index in [2.05, 4.69) is 10.6 Å². The van der Waals surface area contributed by atoms with Crippen LogP contribution in [0.25, 0.3) is 0 Å². The van der Waals surface area contributed by atoms with E-state index >= 15 is 0 Å². The van der Waals surface area contributed by atoms with Crippen LogP contribution in [0.5, 0.6) is 0 Å². The standard InChI is InChI=1S/C16H14ClFN2O2/c1-9-4-3-5-14(10(9)2)20-16(22)15(21)19-11-6-7-13(18)12(17)8-11/h3-8H,1-2H3,(H,19,21)(H,20,22). The molecular weight excluding hydrogens is 307 g/mol. The molecule has 114 valence electrons. The first-order valence-electron chi connectivity index (χ1n) is 6.52. The largest absolute Gasteiger partial charge is 0.318 e. The van der Waals surface area contributed by atoms with Crippen LogP contribution in [0.15, 0.2) is 36.4 Å². The molecule has 2 N–H and O–H groups in total. The van der Waals surface area contributed by atoms with Gasteiger partial charge < -0.3 is 10.6 Å². The van der Waals surface area contributed by atoms with E-state index in [9.17, 15) is 14.0 Å². The first-order valence-corrected chi connectivity index (χ1v) is 6.90. The summed E-state index contributed by atoms with van der Waals surface area (Å²) in [6, 6.07) is 9.08. The number of anilines is 2. The third kappa shape index (κ3) is 3.62. The zero-order valence-corrected chi connectivity index (χ0v) is 12.8. The monoisotopic (exact) mass is 320 g/mol. The first kappa shape index (κ1) is 16.0. The maximum Gasteiger partial charge on any atom is 0.314 e. The number of benzene rings is 2. The summed E-state index contributed by atoms with van der Waals surface area (Å²) in [7, 11) is 0. The predicted octanol–water partition coefficient (Wildman–Crippen LogP) is 3.67. The van der Waals surface area contributed by atoms with Crippen LogP contribution in [0.1, 0.15) is 11.1 Å². The summed E-state index contributed by atoms with van der Waals surface area (Å²) in [5.41, 5.74) is 2.70. The molecule has 0 bridgehead atoms. The van der Waals surface area contributed by atoms with Gasteiger partial charge in [-0.25, -0.2) is 4.39 Å². The minimum atomic E-state index is -0.858. The first-order chi connectivity index (χ1) is 10.4. The smallest absolute Gasteiger partial charge is 0.314 e. The van der Waals surface area contributed by atoms with E-state index in [-0.39, 0.29) is 10.7 Å². The molecule has 0 atom stereocenters. The topological polar surface area (TPSA) is 58.2 Å². The lowest BCUT2D eigenvalue weighted by Crippen LogP contribution is -2.29. The van der Waals surface area contributed by atoms with E-state index in [0.29, 0.717) is 5.69 Å². The summed E-state index contributed by atoms with van der Waals surface area (Å²) in [4.78, 5) is 23.8. The van der Waals surface area contributed by atoms with Crippen LogP contribution >= 0.6 is 11.6 Å². The van der Waals surface area contributed by atoms with Crippen molar-refractivity contribution in [1.82, 2.24) is 0 Å². The molecule has 0 saturated heterocycles. The van der Waals surface area contributed by atoms with Gasteiger partial charge in [0.05, 0.1) is 5.02 Å². The van der Waals surface area contributed by atoms with Gasteiger partial charge >= 0.3 is 11.8 Å². The summed E-state index contributed by atoms with van der Waals surface area (Å²) in [6.07, 6.45) is 0. The average Bonchev–Trinajstić information content (AvgIpc) is 2.47. The van der Waals surface area contributed by atoms with Crippen LogP contribution in [0.3, 0.4) is 0 Å². The zero-order valence-electron chi connectivity index (χ0n) is 12.0. The van der Waals surface area contributed by atoms with Crippen molar-refractivity contribution in [3.63, 3.8) is 0 Å². The number of carbonyl (C=O) groups is 2. The lowest BCUT2D eigenvalue weighted by Gasteiger charge is -2.10. The van der Waals surface area contributed by atoms with Gasteiger partial charge in [0.25, 0.3) is 0 Å². The molecule has 6 heteroatoms. The van der Waals surface area contributed by atoms with Crippen molar-refractivity contribution in [2.45, 2.75) is 13.8 Å². The number of carbonyl (C=O) groups excluding carboxylic acids is 2. The van der Waals surface area contributed by atoms with Crippen LogP contribution in [0, 0.1) is 19.7 Å². The molecule has 0 aliphatic heterocycles. The van der Waals surface area contributed by atoms with Crippen molar-refractivity contribution in [1.29, 1.82) is 0 Å². The van der Waals surface area contributed by atoms with Crippen LogP contribution in [-0.2, 0) is 9.59 Å². The summed E-state index contributed by atoms with van der Waals surface area (Å²) in [6.45, 7) is 3.76. The Balaban J connectivity index is 2.07. The van der Waals surface area contributed by atoms with E-state index in [1.807, 2.05) is 19.9 Å². The SMILES string of the molecule is Cc1cccc(NC(=O)C(=O)Nc2ccc(F)c(Cl)c2)c1C. The molecule has 0 fully saturated rings. The van der Waals surface area contributed by atoms with Gasteiger partial charge in [0.15, 0.2) is 0 Å². The van der Waals surface area contributed by atoms with Crippen LogP contribution in [-0.4, -0.2) is 11.8 Å². The number of nitrogens with one attached hydrogen (secondary N) is 2. The van der Waals surface area contributed by atoms with Gasteiger partial charge in [0.2, 0.25) is 0 Å². The molecule has 2 amide bonds. The summed E-state index contributed by atoms with van der Waals surface area (Å²) < 4.78 is 13.0. The normalized spacial score (nSPS) is 10.2.